The minimum absolute atomic E-state index is 0.160. The minimum atomic E-state index is -3.42. The standard InChI is InChI=1S/C7H8Br2N2O2S/c8-1-2-11-14(12,13)7-3-6(9)4-10-5-7/h3-5,11H,1-2H2. The summed E-state index contributed by atoms with van der Waals surface area (Å²) in [6.07, 6.45) is 2.84. The lowest BCUT2D eigenvalue weighted by Crippen LogP contribution is -2.25. The first-order chi connectivity index (χ1) is 6.56. The van der Waals surface area contributed by atoms with Crippen molar-refractivity contribution in [1.29, 1.82) is 0 Å². The van der Waals surface area contributed by atoms with Crippen molar-refractivity contribution in [3.63, 3.8) is 0 Å². The number of hydrogen-bond donors (Lipinski definition) is 1. The number of hydrogen-bond acceptors (Lipinski definition) is 3. The van der Waals surface area contributed by atoms with Gasteiger partial charge in [-0.05, 0) is 22.0 Å². The monoisotopic (exact) mass is 342 g/mol. The molecule has 78 valence electrons. The Balaban J connectivity index is 2.93. The van der Waals surface area contributed by atoms with Crippen molar-refractivity contribution in [3.05, 3.63) is 22.9 Å². The zero-order valence-corrected chi connectivity index (χ0v) is 11.1. The highest BCUT2D eigenvalue weighted by atomic mass is 79.9. The molecular weight excluding hydrogens is 336 g/mol. The second-order valence-electron chi connectivity index (χ2n) is 2.43. The Morgan fingerprint density at radius 1 is 1.43 bits per heavy atom. The van der Waals surface area contributed by atoms with Gasteiger partial charge in [0.1, 0.15) is 4.90 Å². The second kappa shape index (κ2) is 5.20. The smallest absolute Gasteiger partial charge is 0.242 e. The van der Waals surface area contributed by atoms with E-state index in [2.05, 4.69) is 41.6 Å². The van der Waals surface area contributed by atoms with E-state index in [4.69, 9.17) is 0 Å². The lowest BCUT2D eigenvalue weighted by atomic mass is 10.5. The molecule has 14 heavy (non-hydrogen) atoms. The van der Waals surface area contributed by atoms with E-state index >= 15 is 0 Å². The van der Waals surface area contributed by atoms with E-state index in [0.717, 1.165) is 0 Å². The van der Waals surface area contributed by atoms with E-state index in [1.807, 2.05) is 0 Å². The molecule has 1 rings (SSSR count). The summed E-state index contributed by atoms with van der Waals surface area (Å²) < 4.78 is 26.2. The summed E-state index contributed by atoms with van der Waals surface area (Å²) in [5.74, 6) is 0. The van der Waals surface area contributed by atoms with Crippen LogP contribution in [0.3, 0.4) is 0 Å². The van der Waals surface area contributed by atoms with E-state index in [1.54, 1.807) is 0 Å². The molecule has 0 aliphatic heterocycles. The third kappa shape index (κ3) is 3.30. The zero-order valence-electron chi connectivity index (χ0n) is 7.07. The molecule has 0 fully saturated rings. The number of nitrogens with zero attached hydrogens (tertiary/aromatic N) is 1. The fraction of sp³-hybridized carbons (Fsp3) is 0.286. The number of pyridine rings is 1. The summed E-state index contributed by atoms with van der Waals surface area (Å²) in [6, 6.07) is 1.50. The lowest BCUT2D eigenvalue weighted by Gasteiger charge is -2.04. The SMILES string of the molecule is O=S(=O)(NCCBr)c1cncc(Br)c1. The maximum Gasteiger partial charge on any atom is 0.242 e. The first-order valence-corrected chi connectivity index (χ1v) is 7.12. The molecule has 0 aliphatic carbocycles. The van der Waals surface area contributed by atoms with Crippen molar-refractivity contribution in [2.45, 2.75) is 4.90 Å². The third-order valence-corrected chi connectivity index (χ3v) is 3.63. The molecule has 1 aromatic heterocycles. The van der Waals surface area contributed by atoms with Crippen LogP contribution in [0.15, 0.2) is 27.8 Å². The lowest BCUT2D eigenvalue weighted by molar-refractivity contribution is 0.584. The van der Waals surface area contributed by atoms with E-state index in [-0.39, 0.29) is 4.90 Å². The van der Waals surface area contributed by atoms with Crippen LogP contribution in [-0.2, 0) is 10.0 Å². The predicted molar refractivity (Wildman–Crippen MR) is 60.9 cm³/mol. The van der Waals surface area contributed by atoms with Gasteiger partial charge in [-0.15, -0.1) is 0 Å². The van der Waals surface area contributed by atoms with Crippen LogP contribution in [0.1, 0.15) is 0 Å². The van der Waals surface area contributed by atoms with Gasteiger partial charge in [-0.3, -0.25) is 4.98 Å². The van der Waals surface area contributed by atoms with Crippen molar-refractivity contribution < 1.29 is 8.42 Å². The Morgan fingerprint density at radius 3 is 2.71 bits per heavy atom. The summed E-state index contributed by atoms with van der Waals surface area (Å²) in [5, 5.41) is 0.577. The molecule has 0 saturated heterocycles. The largest absolute Gasteiger partial charge is 0.262 e. The second-order valence-corrected chi connectivity index (χ2v) is 5.90. The number of alkyl halides is 1. The zero-order chi connectivity index (χ0) is 10.6. The summed E-state index contributed by atoms with van der Waals surface area (Å²) in [6.45, 7) is 0.356. The van der Waals surface area contributed by atoms with Crippen molar-refractivity contribution in [2.24, 2.45) is 0 Å². The van der Waals surface area contributed by atoms with Gasteiger partial charge in [0.2, 0.25) is 10.0 Å². The molecule has 0 amide bonds. The molecule has 0 atom stereocenters. The number of sulfonamides is 1. The maximum atomic E-state index is 11.6. The highest BCUT2D eigenvalue weighted by molar-refractivity contribution is 9.10. The number of nitrogens with one attached hydrogen (secondary N) is 1. The van der Waals surface area contributed by atoms with E-state index < -0.39 is 10.0 Å². The topological polar surface area (TPSA) is 59.1 Å². The fourth-order valence-electron chi connectivity index (χ4n) is 0.796. The molecule has 0 aromatic carbocycles. The van der Waals surface area contributed by atoms with Gasteiger partial charge < -0.3 is 0 Å². The van der Waals surface area contributed by atoms with Crippen LogP contribution in [0.5, 0.6) is 0 Å². The Labute approximate surface area is 99.4 Å². The molecule has 1 N–H and O–H groups in total. The van der Waals surface area contributed by atoms with Gasteiger partial charge in [0.05, 0.1) is 0 Å². The summed E-state index contributed by atoms with van der Waals surface area (Å²) in [7, 11) is -3.42. The Hall–Kier alpha value is 0.0200. The normalized spacial score (nSPS) is 11.6. The number of rotatable bonds is 4. The molecule has 7 heteroatoms. The van der Waals surface area contributed by atoms with Crippen LogP contribution >= 0.6 is 31.9 Å². The fourth-order valence-corrected chi connectivity index (χ4v) is 2.79. The molecule has 0 radical (unpaired) electrons. The Kier molecular flexibility index (Phi) is 4.49. The van der Waals surface area contributed by atoms with Crippen molar-refractivity contribution in [1.82, 2.24) is 9.71 Å². The van der Waals surface area contributed by atoms with Crippen LogP contribution in [0, 0.1) is 0 Å². The van der Waals surface area contributed by atoms with E-state index in [9.17, 15) is 8.42 Å². The molecule has 0 saturated carbocycles. The van der Waals surface area contributed by atoms with Crippen LogP contribution in [0.2, 0.25) is 0 Å². The molecule has 1 heterocycles. The van der Waals surface area contributed by atoms with Crippen LogP contribution in [-0.4, -0.2) is 25.3 Å². The molecule has 1 aromatic rings. The van der Waals surface area contributed by atoms with Crippen molar-refractivity contribution in [2.75, 3.05) is 11.9 Å². The van der Waals surface area contributed by atoms with Gasteiger partial charge in [0.15, 0.2) is 0 Å². The van der Waals surface area contributed by atoms with E-state index in [0.29, 0.717) is 16.3 Å². The molecular formula is C7H8Br2N2O2S. The highest BCUT2D eigenvalue weighted by Crippen LogP contribution is 2.13. The third-order valence-electron chi connectivity index (χ3n) is 1.38. The van der Waals surface area contributed by atoms with Crippen LogP contribution < -0.4 is 4.72 Å². The predicted octanol–water partition coefficient (Wildman–Crippen LogP) is 1.52. The van der Waals surface area contributed by atoms with E-state index in [1.165, 1.54) is 18.5 Å². The molecule has 0 spiro atoms. The quantitative estimate of drug-likeness (QED) is 0.843. The first kappa shape index (κ1) is 12.1. The Morgan fingerprint density at radius 2 is 2.14 bits per heavy atom. The summed E-state index contributed by atoms with van der Waals surface area (Å²) in [5.41, 5.74) is 0. The average Bonchev–Trinajstić information content (AvgIpc) is 2.15. The van der Waals surface area contributed by atoms with Crippen molar-refractivity contribution >= 4 is 41.9 Å². The van der Waals surface area contributed by atoms with Gasteiger partial charge in [-0.1, -0.05) is 15.9 Å². The van der Waals surface area contributed by atoms with Gasteiger partial charge in [0.25, 0.3) is 0 Å². The first-order valence-electron chi connectivity index (χ1n) is 3.72. The summed E-state index contributed by atoms with van der Waals surface area (Å²) in [4.78, 5) is 3.94. The van der Waals surface area contributed by atoms with Gasteiger partial charge in [0, 0.05) is 28.7 Å². The van der Waals surface area contributed by atoms with Gasteiger partial charge in [-0.2, -0.15) is 0 Å². The van der Waals surface area contributed by atoms with Gasteiger partial charge in [-0.25, -0.2) is 13.1 Å². The number of halogens is 2. The molecule has 0 unspecified atom stereocenters. The average molecular weight is 344 g/mol. The minimum Gasteiger partial charge on any atom is -0.262 e. The van der Waals surface area contributed by atoms with Crippen LogP contribution in [0.25, 0.3) is 0 Å². The van der Waals surface area contributed by atoms with Crippen molar-refractivity contribution in [3.8, 4) is 0 Å². The molecule has 0 bridgehead atoms. The van der Waals surface area contributed by atoms with Crippen LogP contribution in [0.4, 0.5) is 0 Å². The Bertz CT molecular complexity index is 408. The summed E-state index contributed by atoms with van der Waals surface area (Å²) >= 11 is 6.30. The highest BCUT2D eigenvalue weighted by Gasteiger charge is 2.13. The number of aromatic nitrogens is 1. The maximum absolute atomic E-state index is 11.6. The van der Waals surface area contributed by atoms with Gasteiger partial charge >= 0.3 is 0 Å². The molecule has 4 nitrogen and oxygen atoms in total. The molecule has 0 aliphatic rings.